The van der Waals surface area contributed by atoms with Gasteiger partial charge in [-0.3, -0.25) is 9.59 Å². The monoisotopic (exact) mass is 294 g/mol. The van der Waals surface area contributed by atoms with E-state index in [0.717, 1.165) is 0 Å². The summed E-state index contributed by atoms with van der Waals surface area (Å²) in [6.45, 7) is 11.5. The number of hydrogen-bond acceptors (Lipinski definition) is 3. The van der Waals surface area contributed by atoms with Crippen LogP contribution in [0.15, 0.2) is 0 Å². The molecule has 1 aromatic rings. The fraction of sp³-hybridized carbons (Fsp3) is 0.625. The van der Waals surface area contributed by atoms with Gasteiger partial charge in [-0.25, -0.2) is 0 Å². The minimum atomic E-state index is -0.245. The van der Waals surface area contributed by atoms with Crippen LogP contribution in [-0.2, 0) is 0 Å². The van der Waals surface area contributed by atoms with Gasteiger partial charge in [0.2, 0.25) is 0 Å². The maximum absolute atomic E-state index is 12.3. The lowest BCUT2D eigenvalue weighted by molar-refractivity contribution is 0.0891. The van der Waals surface area contributed by atoms with Crippen LogP contribution in [0.25, 0.3) is 0 Å². The zero-order chi connectivity index (χ0) is 16.4. The Morgan fingerprint density at radius 1 is 1.29 bits per heavy atom. The summed E-state index contributed by atoms with van der Waals surface area (Å²) in [5.74, 6) is -0.320. The van der Waals surface area contributed by atoms with Crippen molar-refractivity contribution in [2.45, 2.75) is 41.5 Å². The molecule has 3 N–H and O–H groups in total. The van der Waals surface area contributed by atoms with Gasteiger partial charge in [-0.15, -0.1) is 0 Å². The van der Waals surface area contributed by atoms with E-state index in [4.69, 9.17) is 0 Å². The third kappa shape index (κ3) is 3.94. The predicted octanol–water partition coefficient (Wildman–Crippen LogP) is 2.22. The maximum atomic E-state index is 12.3. The fourth-order valence-electron chi connectivity index (χ4n) is 2.45. The van der Waals surface area contributed by atoms with Gasteiger partial charge in [-0.2, -0.15) is 0 Å². The van der Waals surface area contributed by atoms with Crippen molar-refractivity contribution in [3.05, 3.63) is 22.5 Å². The van der Waals surface area contributed by atoms with Crippen molar-refractivity contribution >= 4 is 11.7 Å². The number of aromatic nitrogens is 1. The van der Waals surface area contributed by atoms with Crippen molar-refractivity contribution in [3.8, 4) is 0 Å². The molecule has 0 saturated heterocycles. The van der Waals surface area contributed by atoms with E-state index >= 15 is 0 Å². The molecule has 1 atom stereocenters. The van der Waals surface area contributed by atoms with Crippen LogP contribution in [0, 0.1) is 25.2 Å². The molecule has 0 aliphatic rings. The third-order valence-corrected chi connectivity index (χ3v) is 3.97. The number of rotatable bonds is 5. The quantitative estimate of drug-likeness (QED) is 0.728. The lowest BCUT2D eigenvalue weighted by Gasteiger charge is -2.29. The lowest BCUT2D eigenvalue weighted by Crippen LogP contribution is -2.37. The van der Waals surface area contributed by atoms with Gasteiger partial charge in [0, 0.05) is 30.3 Å². The number of amides is 1. The average molecular weight is 294 g/mol. The molecule has 0 aromatic carbocycles. The SMILES string of the molecule is CC(=O)c1c(C)[nH]c(C(=O)NCC(CO)C(C)(C)C)c1C. The number of nitrogens with one attached hydrogen (secondary N) is 2. The molecule has 0 aliphatic carbocycles. The summed E-state index contributed by atoms with van der Waals surface area (Å²) in [6, 6.07) is 0. The van der Waals surface area contributed by atoms with E-state index in [-0.39, 0.29) is 29.6 Å². The van der Waals surface area contributed by atoms with E-state index in [1.807, 2.05) is 20.8 Å². The number of aliphatic hydroxyl groups is 1. The fourth-order valence-corrected chi connectivity index (χ4v) is 2.45. The Bertz CT molecular complexity index is 538. The number of aryl methyl sites for hydroxylation is 1. The largest absolute Gasteiger partial charge is 0.396 e. The second kappa shape index (κ2) is 6.43. The number of carbonyl (C=O) groups is 2. The first-order chi connectivity index (χ1) is 9.59. The third-order valence-electron chi connectivity index (χ3n) is 3.97. The van der Waals surface area contributed by atoms with Crippen molar-refractivity contribution in [1.82, 2.24) is 10.3 Å². The van der Waals surface area contributed by atoms with Gasteiger partial charge in [0.25, 0.3) is 5.91 Å². The smallest absolute Gasteiger partial charge is 0.268 e. The van der Waals surface area contributed by atoms with Crippen LogP contribution in [0.4, 0.5) is 0 Å². The minimum absolute atomic E-state index is 0.0191. The van der Waals surface area contributed by atoms with Crippen molar-refractivity contribution in [2.24, 2.45) is 11.3 Å². The summed E-state index contributed by atoms with van der Waals surface area (Å²) >= 11 is 0. The molecule has 5 nitrogen and oxygen atoms in total. The molecule has 0 radical (unpaired) electrons. The van der Waals surface area contributed by atoms with Crippen LogP contribution in [0.2, 0.25) is 0 Å². The first kappa shape index (κ1) is 17.4. The molecule has 0 spiro atoms. The number of H-pyrrole nitrogens is 1. The molecule has 0 bridgehead atoms. The number of aromatic amines is 1. The zero-order valence-electron chi connectivity index (χ0n) is 13.8. The summed E-state index contributed by atoms with van der Waals surface area (Å²) in [4.78, 5) is 26.8. The van der Waals surface area contributed by atoms with E-state index in [2.05, 4.69) is 10.3 Å². The number of aliphatic hydroxyl groups excluding tert-OH is 1. The van der Waals surface area contributed by atoms with Crippen molar-refractivity contribution in [2.75, 3.05) is 13.2 Å². The molecule has 0 saturated carbocycles. The minimum Gasteiger partial charge on any atom is -0.396 e. The van der Waals surface area contributed by atoms with Gasteiger partial charge in [-0.1, -0.05) is 20.8 Å². The molecule has 0 aliphatic heterocycles. The molecular formula is C16H26N2O3. The Labute approximate surface area is 126 Å². The second-order valence-electron chi connectivity index (χ2n) is 6.64. The van der Waals surface area contributed by atoms with Crippen molar-refractivity contribution in [1.29, 1.82) is 0 Å². The molecule has 0 fully saturated rings. The predicted molar refractivity (Wildman–Crippen MR) is 82.6 cm³/mol. The summed E-state index contributed by atoms with van der Waals surface area (Å²) < 4.78 is 0. The number of ketones is 1. The number of Topliss-reactive ketones (excluding diaryl/α,β-unsaturated/α-hetero) is 1. The van der Waals surface area contributed by atoms with Crippen molar-refractivity contribution < 1.29 is 14.7 Å². The molecule has 1 amide bonds. The Balaban J connectivity index is 2.87. The van der Waals surface area contributed by atoms with E-state index in [1.54, 1.807) is 13.8 Å². The number of hydrogen-bond donors (Lipinski definition) is 3. The van der Waals surface area contributed by atoms with Gasteiger partial charge in [0.1, 0.15) is 5.69 Å². The van der Waals surface area contributed by atoms with Crippen molar-refractivity contribution in [3.63, 3.8) is 0 Å². The second-order valence-corrected chi connectivity index (χ2v) is 6.64. The van der Waals surface area contributed by atoms with Crippen LogP contribution in [-0.4, -0.2) is 34.9 Å². The van der Waals surface area contributed by atoms with Gasteiger partial charge in [0.05, 0.1) is 0 Å². The highest BCUT2D eigenvalue weighted by atomic mass is 16.3. The van der Waals surface area contributed by atoms with Crippen LogP contribution < -0.4 is 5.32 Å². The molecular weight excluding hydrogens is 268 g/mol. The van der Waals surface area contributed by atoms with Gasteiger partial charge in [-0.05, 0) is 31.7 Å². The van der Waals surface area contributed by atoms with Gasteiger partial charge < -0.3 is 15.4 Å². The summed E-state index contributed by atoms with van der Waals surface area (Å²) in [5, 5.41) is 12.3. The Hall–Kier alpha value is -1.62. The molecule has 118 valence electrons. The van der Waals surface area contributed by atoms with Gasteiger partial charge >= 0.3 is 0 Å². The van der Waals surface area contributed by atoms with E-state index in [9.17, 15) is 14.7 Å². The topological polar surface area (TPSA) is 82.2 Å². The highest BCUT2D eigenvalue weighted by Gasteiger charge is 2.25. The van der Waals surface area contributed by atoms with Gasteiger partial charge in [0.15, 0.2) is 5.78 Å². The van der Waals surface area contributed by atoms with Crippen LogP contribution >= 0.6 is 0 Å². The zero-order valence-corrected chi connectivity index (χ0v) is 13.8. The Kier molecular flexibility index (Phi) is 5.34. The first-order valence-corrected chi connectivity index (χ1v) is 7.18. The molecule has 1 aromatic heterocycles. The summed E-state index contributed by atoms with van der Waals surface area (Å²) in [6.07, 6.45) is 0. The summed E-state index contributed by atoms with van der Waals surface area (Å²) in [7, 11) is 0. The Morgan fingerprint density at radius 3 is 2.24 bits per heavy atom. The highest BCUT2D eigenvalue weighted by Crippen LogP contribution is 2.25. The molecule has 21 heavy (non-hydrogen) atoms. The van der Waals surface area contributed by atoms with Crippen LogP contribution in [0.5, 0.6) is 0 Å². The average Bonchev–Trinajstić information content (AvgIpc) is 2.63. The summed E-state index contributed by atoms with van der Waals surface area (Å²) in [5.41, 5.74) is 2.29. The van der Waals surface area contributed by atoms with E-state index in [0.29, 0.717) is 29.1 Å². The Morgan fingerprint density at radius 2 is 1.86 bits per heavy atom. The van der Waals surface area contributed by atoms with E-state index < -0.39 is 0 Å². The van der Waals surface area contributed by atoms with E-state index in [1.165, 1.54) is 6.92 Å². The molecule has 5 heteroatoms. The highest BCUT2D eigenvalue weighted by molar-refractivity contribution is 6.02. The van der Waals surface area contributed by atoms with Crippen LogP contribution in [0.1, 0.15) is 59.8 Å². The maximum Gasteiger partial charge on any atom is 0.268 e. The first-order valence-electron chi connectivity index (χ1n) is 7.18. The standard InChI is InChI=1S/C16H26N2O3/c1-9-13(11(3)20)10(2)18-14(9)15(21)17-7-12(8-19)16(4,5)6/h12,18-19H,7-8H2,1-6H3,(H,17,21). The molecule has 1 heterocycles. The normalized spacial score (nSPS) is 13.1. The van der Waals surface area contributed by atoms with Crippen LogP contribution in [0.3, 0.4) is 0 Å². The number of carbonyl (C=O) groups excluding carboxylic acids is 2. The molecule has 1 rings (SSSR count). The lowest BCUT2D eigenvalue weighted by atomic mass is 9.81. The molecule has 1 unspecified atom stereocenters.